The van der Waals surface area contributed by atoms with Crippen LogP contribution < -0.4 is 0 Å². The van der Waals surface area contributed by atoms with Gasteiger partial charge in [-0.25, -0.2) is 12.7 Å². The summed E-state index contributed by atoms with van der Waals surface area (Å²) in [4.78, 5) is 23.7. The van der Waals surface area contributed by atoms with Crippen LogP contribution >= 0.6 is 23.4 Å². The van der Waals surface area contributed by atoms with E-state index in [0.717, 1.165) is 18.9 Å². The number of ether oxygens (including phenoxy) is 1. The number of benzene rings is 1. The molecule has 0 spiro atoms. The molecule has 1 heterocycles. The zero-order valence-electron chi connectivity index (χ0n) is 11.3. The summed E-state index contributed by atoms with van der Waals surface area (Å²) in [6, 6.07) is 2.92. The molecule has 1 aromatic carbocycles. The van der Waals surface area contributed by atoms with Crippen molar-refractivity contribution in [2.75, 3.05) is 19.4 Å². The van der Waals surface area contributed by atoms with Crippen molar-refractivity contribution in [1.29, 1.82) is 0 Å². The van der Waals surface area contributed by atoms with E-state index in [0.29, 0.717) is 19.8 Å². The van der Waals surface area contributed by atoms with E-state index < -0.39 is 28.4 Å². The van der Waals surface area contributed by atoms with Crippen molar-refractivity contribution in [2.24, 2.45) is 0 Å². The Kier molecular flexibility index (Phi) is 4.50. The SMILES string of the molecule is COC(=O)CN1C(=O)CSc2cc(Cl)c(C)cc2S1(=O)=O. The van der Waals surface area contributed by atoms with Crippen molar-refractivity contribution in [3.05, 3.63) is 22.7 Å². The highest BCUT2D eigenvalue weighted by Gasteiger charge is 2.36. The molecule has 0 saturated carbocycles. The molecule has 0 N–H and O–H groups in total. The molecule has 9 heteroatoms. The molecule has 114 valence electrons. The minimum absolute atomic E-state index is 0.0239. The van der Waals surface area contributed by atoms with Crippen molar-refractivity contribution < 1.29 is 22.7 Å². The Bertz CT molecular complexity index is 717. The van der Waals surface area contributed by atoms with Gasteiger partial charge in [0.1, 0.15) is 11.4 Å². The van der Waals surface area contributed by atoms with Gasteiger partial charge >= 0.3 is 5.97 Å². The van der Waals surface area contributed by atoms with Crippen LogP contribution in [0.15, 0.2) is 21.9 Å². The van der Waals surface area contributed by atoms with Gasteiger partial charge in [-0.15, -0.1) is 11.8 Å². The molecule has 1 aliphatic heterocycles. The fraction of sp³-hybridized carbons (Fsp3) is 0.333. The lowest BCUT2D eigenvalue weighted by Crippen LogP contribution is -2.41. The summed E-state index contributed by atoms with van der Waals surface area (Å²) in [5.74, 6) is -1.57. The third kappa shape index (κ3) is 3.02. The van der Waals surface area contributed by atoms with Crippen molar-refractivity contribution >= 4 is 45.3 Å². The largest absolute Gasteiger partial charge is 0.468 e. The number of hydrogen-bond acceptors (Lipinski definition) is 6. The van der Waals surface area contributed by atoms with Crippen LogP contribution in [0.4, 0.5) is 0 Å². The van der Waals surface area contributed by atoms with Crippen LogP contribution in [-0.2, 0) is 24.3 Å². The quantitative estimate of drug-likeness (QED) is 0.752. The summed E-state index contributed by atoms with van der Waals surface area (Å²) in [5.41, 5.74) is 0.576. The first-order chi connectivity index (χ1) is 9.77. The van der Waals surface area contributed by atoms with E-state index in [-0.39, 0.29) is 10.6 Å². The number of carbonyl (C=O) groups excluding carboxylic acids is 2. The molecule has 0 aliphatic carbocycles. The molecular weight excluding hydrogens is 338 g/mol. The average molecular weight is 350 g/mol. The lowest BCUT2D eigenvalue weighted by molar-refractivity contribution is -0.143. The Morgan fingerprint density at radius 1 is 1.48 bits per heavy atom. The fourth-order valence-corrected chi connectivity index (χ4v) is 4.89. The van der Waals surface area contributed by atoms with E-state index in [2.05, 4.69) is 4.74 Å². The third-order valence-electron chi connectivity index (χ3n) is 2.92. The second-order valence-corrected chi connectivity index (χ2v) is 7.57. The van der Waals surface area contributed by atoms with Gasteiger partial charge in [-0.05, 0) is 24.6 Å². The lowest BCUT2D eigenvalue weighted by Gasteiger charge is -2.19. The number of hydrogen-bond donors (Lipinski definition) is 0. The Hall–Kier alpha value is -1.25. The molecule has 0 radical (unpaired) electrons. The molecular formula is C12H12ClNO5S2. The molecule has 0 fully saturated rings. The van der Waals surface area contributed by atoms with Crippen LogP contribution in [0.25, 0.3) is 0 Å². The summed E-state index contributed by atoms with van der Waals surface area (Å²) in [5, 5.41) is 0.422. The Morgan fingerprint density at radius 3 is 2.76 bits per heavy atom. The highest BCUT2D eigenvalue weighted by molar-refractivity contribution is 8.01. The molecule has 1 aromatic rings. The molecule has 2 rings (SSSR count). The van der Waals surface area contributed by atoms with Gasteiger partial charge in [0, 0.05) is 9.92 Å². The van der Waals surface area contributed by atoms with E-state index in [9.17, 15) is 18.0 Å². The summed E-state index contributed by atoms with van der Waals surface area (Å²) in [7, 11) is -2.98. The van der Waals surface area contributed by atoms with Gasteiger partial charge in [0.05, 0.1) is 12.9 Å². The number of nitrogens with zero attached hydrogens (tertiary/aromatic N) is 1. The van der Waals surface area contributed by atoms with Gasteiger partial charge in [-0.1, -0.05) is 11.6 Å². The zero-order chi connectivity index (χ0) is 15.8. The first-order valence-corrected chi connectivity index (χ1v) is 8.63. The smallest absolute Gasteiger partial charge is 0.326 e. The summed E-state index contributed by atoms with van der Waals surface area (Å²) < 4.78 is 30.2. The normalized spacial score (nSPS) is 17.1. The number of thioether (sulfide) groups is 1. The van der Waals surface area contributed by atoms with Gasteiger partial charge in [-0.3, -0.25) is 9.59 Å². The number of rotatable bonds is 2. The molecule has 21 heavy (non-hydrogen) atoms. The van der Waals surface area contributed by atoms with Crippen LogP contribution in [0.3, 0.4) is 0 Å². The molecule has 1 aliphatic rings. The van der Waals surface area contributed by atoms with Gasteiger partial charge in [-0.2, -0.15) is 0 Å². The van der Waals surface area contributed by atoms with Crippen LogP contribution in [0.2, 0.25) is 5.02 Å². The topological polar surface area (TPSA) is 80.8 Å². The minimum Gasteiger partial charge on any atom is -0.468 e. The monoisotopic (exact) mass is 349 g/mol. The minimum atomic E-state index is -4.11. The zero-order valence-corrected chi connectivity index (χ0v) is 13.6. The van der Waals surface area contributed by atoms with Gasteiger partial charge in [0.2, 0.25) is 5.91 Å². The molecule has 0 bridgehead atoms. The van der Waals surface area contributed by atoms with Gasteiger partial charge in [0.15, 0.2) is 0 Å². The number of aryl methyl sites for hydroxylation is 1. The van der Waals surface area contributed by atoms with Crippen molar-refractivity contribution in [1.82, 2.24) is 4.31 Å². The summed E-state index contributed by atoms with van der Waals surface area (Å²) in [6.07, 6.45) is 0. The van der Waals surface area contributed by atoms with Crippen LogP contribution in [-0.4, -0.2) is 44.0 Å². The Balaban J connectivity index is 2.58. The predicted molar refractivity (Wildman–Crippen MR) is 77.8 cm³/mol. The van der Waals surface area contributed by atoms with Gasteiger partial charge in [0.25, 0.3) is 10.0 Å². The molecule has 0 saturated heterocycles. The third-order valence-corrected chi connectivity index (χ3v) is 6.31. The number of amides is 1. The summed E-state index contributed by atoms with van der Waals surface area (Å²) in [6.45, 7) is 1.03. The number of esters is 1. The highest BCUT2D eigenvalue weighted by Crippen LogP contribution is 2.36. The van der Waals surface area contributed by atoms with E-state index >= 15 is 0 Å². The molecule has 0 aromatic heterocycles. The second kappa shape index (κ2) is 5.86. The summed E-state index contributed by atoms with van der Waals surface area (Å²) >= 11 is 7.07. The Labute approximate surface area is 131 Å². The van der Waals surface area contributed by atoms with E-state index in [4.69, 9.17) is 11.6 Å². The predicted octanol–water partition coefficient (Wildman–Crippen LogP) is 1.44. The fourth-order valence-electron chi connectivity index (χ4n) is 1.77. The maximum absolute atomic E-state index is 12.6. The van der Waals surface area contributed by atoms with E-state index in [1.54, 1.807) is 6.92 Å². The molecule has 0 unspecified atom stereocenters. The van der Waals surface area contributed by atoms with Crippen LogP contribution in [0.1, 0.15) is 5.56 Å². The first-order valence-electron chi connectivity index (χ1n) is 5.82. The Morgan fingerprint density at radius 2 is 2.14 bits per heavy atom. The van der Waals surface area contributed by atoms with Crippen molar-refractivity contribution in [2.45, 2.75) is 16.7 Å². The van der Waals surface area contributed by atoms with E-state index in [1.807, 2.05) is 0 Å². The standard InChI is InChI=1S/C12H12ClNO5S2/c1-7-3-10-9(4-8(7)13)20-6-11(15)14(21(10,17)18)5-12(16)19-2/h3-4H,5-6H2,1-2H3. The second-order valence-electron chi connectivity index (χ2n) is 4.32. The maximum Gasteiger partial charge on any atom is 0.326 e. The number of halogens is 1. The van der Waals surface area contributed by atoms with Gasteiger partial charge < -0.3 is 4.74 Å². The average Bonchev–Trinajstić information content (AvgIpc) is 2.51. The van der Waals surface area contributed by atoms with Crippen LogP contribution in [0, 0.1) is 6.92 Å². The number of carbonyl (C=O) groups is 2. The molecule has 6 nitrogen and oxygen atoms in total. The number of fused-ring (bicyclic) bond motifs is 1. The highest BCUT2D eigenvalue weighted by atomic mass is 35.5. The van der Waals surface area contributed by atoms with E-state index in [1.165, 1.54) is 12.1 Å². The molecule has 0 atom stereocenters. The maximum atomic E-state index is 12.6. The lowest BCUT2D eigenvalue weighted by atomic mass is 10.2. The van der Waals surface area contributed by atoms with Crippen molar-refractivity contribution in [3.8, 4) is 0 Å². The molecule has 1 amide bonds. The van der Waals surface area contributed by atoms with Crippen molar-refractivity contribution in [3.63, 3.8) is 0 Å². The number of sulfonamides is 1. The number of methoxy groups -OCH3 is 1. The first kappa shape index (κ1) is 16.1. The van der Waals surface area contributed by atoms with Crippen LogP contribution in [0.5, 0.6) is 0 Å².